The topological polar surface area (TPSA) is 67.5 Å². The Morgan fingerprint density at radius 2 is 2.20 bits per heavy atom. The van der Waals surface area contributed by atoms with Crippen LogP contribution < -0.4 is 4.40 Å². The van der Waals surface area contributed by atoms with E-state index in [1.165, 1.54) is 6.07 Å². The Morgan fingerprint density at radius 3 is 2.87 bits per heavy atom. The lowest BCUT2D eigenvalue weighted by molar-refractivity contribution is -0.526. The number of aromatic nitrogens is 1. The molecule has 0 bridgehead atoms. The number of pyridine rings is 2. The Kier molecular flexibility index (Phi) is 2.28. The van der Waals surface area contributed by atoms with Gasteiger partial charge in [0.25, 0.3) is 15.9 Å². The molecule has 2 rings (SSSR count). The van der Waals surface area contributed by atoms with Gasteiger partial charge in [-0.15, -0.1) is 0 Å². The number of nitro groups is 1. The number of rotatable bonds is 1. The molecule has 2 heterocycles. The molecule has 0 spiro atoms. The van der Waals surface area contributed by atoms with Crippen molar-refractivity contribution in [1.29, 1.82) is 0 Å². The third-order valence-electron chi connectivity index (χ3n) is 2.03. The van der Waals surface area contributed by atoms with Crippen LogP contribution in [0.5, 0.6) is 5.75 Å². The number of aromatic hydroxyl groups is 1. The Labute approximate surface area is 92.9 Å². The Morgan fingerprint density at radius 1 is 1.47 bits per heavy atom. The standard InChI is InChI=1S/C9H5BrN2O3/c10-8-5-7(12(14)15)9(13)6-3-1-2-4-11(6)8/h1-5H/p+1. The summed E-state index contributed by atoms with van der Waals surface area (Å²) >= 11 is 3.20. The SMILES string of the molecule is O=[N+]([O-])c1cc(Br)[n+]2ccccc2c1O. The molecule has 0 fully saturated rings. The smallest absolute Gasteiger partial charge is 0.325 e. The predicted molar refractivity (Wildman–Crippen MR) is 55.6 cm³/mol. The second-order valence-corrected chi connectivity index (χ2v) is 3.73. The van der Waals surface area contributed by atoms with Crippen LogP contribution in [-0.4, -0.2) is 10.0 Å². The minimum absolute atomic E-state index is 0.312. The van der Waals surface area contributed by atoms with E-state index < -0.39 is 4.92 Å². The van der Waals surface area contributed by atoms with Crippen molar-refractivity contribution in [2.75, 3.05) is 0 Å². The van der Waals surface area contributed by atoms with Gasteiger partial charge in [0.15, 0.2) is 6.20 Å². The number of hydrogen-bond acceptors (Lipinski definition) is 3. The van der Waals surface area contributed by atoms with Crippen LogP contribution in [0.25, 0.3) is 5.52 Å². The molecule has 0 aliphatic heterocycles. The summed E-state index contributed by atoms with van der Waals surface area (Å²) in [6.45, 7) is 0. The normalized spacial score (nSPS) is 10.5. The van der Waals surface area contributed by atoms with E-state index in [9.17, 15) is 15.2 Å². The van der Waals surface area contributed by atoms with Gasteiger partial charge < -0.3 is 5.11 Å². The van der Waals surface area contributed by atoms with Gasteiger partial charge in [-0.2, -0.15) is 4.40 Å². The molecule has 76 valence electrons. The zero-order chi connectivity index (χ0) is 11.0. The number of halogens is 1. The van der Waals surface area contributed by atoms with Crippen LogP contribution >= 0.6 is 15.9 Å². The highest BCUT2D eigenvalue weighted by Crippen LogP contribution is 2.30. The van der Waals surface area contributed by atoms with Crippen molar-refractivity contribution in [1.82, 2.24) is 0 Å². The maximum atomic E-state index is 10.6. The third-order valence-corrected chi connectivity index (χ3v) is 2.64. The van der Waals surface area contributed by atoms with Gasteiger partial charge in [0.05, 0.1) is 11.0 Å². The summed E-state index contributed by atoms with van der Waals surface area (Å²) in [7, 11) is 0. The Balaban J connectivity index is 2.90. The molecule has 6 heteroatoms. The highest BCUT2D eigenvalue weighted by molar-refractivity contribution is 9.10. The number of hydrogen-bond donors (Lipinski definition) is 1. The molecule has 0 amide bonds. The summed E-state index contributed by atoms with van der Waals surface area (Å²) in [5.74, 6) is -0.330. The summed E-state index contributed by atoms with van der Waals surface area (Å²) in [6.07, 6.45) is 1.70. The van der Waals surface area contributed by atoms with Gasteiger partial charge in [-0.25, -0.2) is 0 Å². The Hall–Kier alpha value is -1.69. The van der Waals surface area contributed by atoms with Gasteiger partial charge in [0, 0.05) is 28.1 Å². The minimum Gasteiger partial charge on any atom is -0.497 e. The quantitative estimate of drug-likeness (QED) is 0.372. The van der Waals surface area contributed by atoms with Crippen molar-refractivity contribution in [2.24, 2.45) is 0 Å². The second kappa shape index (κ2) is 3.47. The van der Waals surface area contributed by atoms with Crippen LogP contribution in [0, 0.1) is 10.1 Å². The molecule has 0 aliphatic rings. The van der Waals surface area contributed by atoms with Gasteiger partial charge in [-0.1, -0.05) is 0 Å². The van der Waals surface area contributed by atoms with Crippen LogP contribution in [0.1, 0.15) is 0 Å². The predicted octanol–water partition coefficient (Wildman–Crippen LogP) is 1.80. The maximum Gasteiger partial charge on any atom is 0.325 e. The first-order chi connectivity index (χ1) is 7.11. The van der Waals surface area contributed by atoms with E-state index >= 15 is 0 Å². The number of nitrogens with zero attached hydrogens (tertiary/aromatic N) is 2. The second-order valence-electron chi connectivity index (χ2n) is 2.91. The van der Waals surface area contributed by atoms with E-state index in [2.05, 4.69) is 15.9 Å². The molecular formula is C9H6BrN2O3+. The van der Waals surface area contributed by atoms with Gasteiger partial charge in [-0.05, 0) is 6.07 Å². The van der Waals surface area contributed by atoms with Crippen LogP contribution in [0.3, 0.4) is 0 Å². The molecule has 0 atom stereocenters. The van der Waals surface area contributed by atoms with Crippen molar-refractivity contribution < 1.29 is 14.4 Å². The lowest BCUT2D eigenvalue weighted by atomic mass is 10.3. The first-order valence-electron chi connectivity index (χ1n) is 4.07. The number of fused-ring (bicyclic) bond motifs is 1. The molecule has 1 N–H and O–H groups in total. The summed E-state index contributed by atoms with van der Waals surface area (Å²) in [4.78, 5) is 10.0. The molecule has 0 aromatic carbocycles. The zero-order valence-corrected chi connectivity index (χ0v) is 9.01. The van der Waals surface area contributed by atoms with Gasteiger partial charge in [-0.3, -0.25) is 10.1 Å². The van der Waals surface area contributed by atoms with Gasteiger partial charge in [0.2, 0.25) is 0 Å². The molecule has 2 aromatic rings. The molecule has 2 aromatic heterocycles. The fraction of sp³-hybridized carbons (Fsp3) is 0. The fourth-order valence-electron chi connectivity index (χ4n) is 1.34. The fourth-order valence-corrected chi connectivity index (χ4v) is 1.87. The van der Waals surface area contributed by atoms with Crippen molar-refractivity contribution >= 4 is 27.1 Å². The summed E-state index contributed by atoms with van der Waals surface area (Å²) < 4.78 is 2.13. The van der Waals surface area contributed by atoms with E-state index in [1.807, 2.05) is 0 Å². The highest BCUT2D eigenvalue weighted by atomic mass is 79.9. The van der Waals surface area contributed by atoms with Gasteiger partial charge in [0.1, 0.15) is 0 Å². The summed E-state index contributed by atoms with van der Waals surface area (Å²) in [6, 6.07) is 6.34. The van der Waals surface area contributed by atoms with E-state index in [-0.39, 0.29) is 11.4 Å². The van der Waals surface area contributed by atoms with Crippen molar-refractivity contribution in [2.45, 2.75) is 0 Å². The lowest BCUT2D eigenvalue weighted by Gasteiger charge is -1.97. The van der Waals surface area contributed by atoms with Crippen LogP contribution in [0.2, 0.25) is 0 Å². The minimum atomic E-state index is -0.618. The maximum absolute atomic E-state index is 10.6. The van der Waals surface area contributed by atoms with E-state index in [0.717, 1.165) is 0 Å². The first kappa shape index (κ1) is 9.85. The van der Waals surface area contributed by atoms with Crippen LogP contribution in [0.15, 0.2) is 35.1 Å². The van der Waals surface area contributed by atoms with Crippen molar-refractivity contribution in [3.8, 4) is 5.75 Å². The molecular weight excluding hydrogens is 264 g/mol. The highest BCUT2D eigenvalue weighted by Gasteiger charge is 2.24. The Bertz CT molecular complexity index is 556. The molecule has 5 nitrogen and oxygen atoms in total. The average molecular weight is 270 g/mol. The van der Waals surface area contributed by atoms with Gasteiger partial charge >= 0.3 is 5.69 Å². The van der Waals surface area contributed by atoms with Crippen LogP contribution in [0.4, 0.5) is 5.69 Å². The zero-order valence-electron chi connectivity index (χ0n) is 7.42. The lowest BCUT2D eigenvalue weighted by Crippen LogP contribution is -2.23. The summed E-state index contributed by atoms with van der Waals surface area (Å²) in [5, 5.41) is 20.3. The van der Waals surface area contributed by atoms with E-state index in [1.54, 1.807) is 28.8 Å². The largest absolute Gasteiger partial charge is 0.497 e. The first-order valence-corrected chi connectivity index (χ1v) is 4.87. The van der Waals surface area contributed by atoms with Crippen molar-refractivity contribution in [3.63, 3.8) is 0 Å². The van der Waals surface area contributed by atoms with Crippen molar-refractivity contribution in [3.05, 3.63) is 45.2 Å². The molecule has 0 unspecified atom stereocenters. The molecule has 0 saturated carbocycles. The van der Waals surface area contributed by atoms with E-state index in [0.29, 0.717) is 10.1 Å². The molecule has 0 aliphatic carbocycles. The third kappa shape index (κ3) is 1.52. The molecule has 0 saturated heterocycles. The van der Waals surface area contributed by atoms with Crippen LogP contribution in [-0.2, 0) is 0 Å². The average Bonchev–Trinajstić information content (AvgIpc) is 2.23. The monoisotopic (exact) mass is 269 g/mol. The molecule has 15 heavy (non-hydrogen) atoms. The van der Waals surface area contributed by atoms with E-state index in [4.69, 9.17) is 0 Å². The summed E-state index contributed by atoms with van der Waals surface area (Å²) in [5.41, 5.74) is 0.0756. The molecule has 0 radical (unpaired) electrons.